The highest BCUT2D eigenvalue weighted by molar-refractivity contribution is 5.64. The fraction of sp³-hybridized carbons (Fsp3) is 0.286. The van der Waals surface area contributed by atoms with Crippen molar-refractivity contribution in [2.75, 3.05) is 24.5 Å². The Morgan fingerprint density at radius 1 is 1.33 bits per heavy atom. The molecule has 0 saturated heterocycles. The lowest BCUT2D eigenvalue weighted by atomic mass is 10.1. The van der Waals surface area contributed by atoms with Crippen LogP contribution < -0.4 is 20.9 Å². The number of hydrazine groups is 1. The Labute approximate surface area is 122 Å². The smallest absolute Gasteiger partial charge is 0.205 e. The van der Waals surface area contributed by atoms with Crippen molar-refractivity contribution in [3.05, 3.63) is 42.0 Å². The molecule has 0 aliphatic heterocycles. The van der Waals surface area contributed by atoms with Crippen LogP contribution >= 0.6 is 0 Å². The van der Waals surface area contributed by atoms with E-state index in [0.29, 0.717) is 22.9 Å². The molecule has 112 valence electrons. The predicted octanol–water partition coefficient (Wildman–Crippen LogP) is 2.11. The topological polar surface area (TPSA) is 76.3 Å². The van der Waals surface area contributed by atoms with E-state index >= 15 is 0 Å². The van der Waals surface area contributed by atoms with Gasteiger partial charge in [-0.05, 0) is 13.0 Å². The zero-order valence-corrected chi connectivity index (χ0v) is 12.2. The fourth-order valence-electron chi connectivity index (χ4n) is 2.11. The van der Waals surface area contributed by atoms with Crippen LogP contribution in [0, 0.1) is 5.82 Å². The molecule has 3 N–H and O–H groups in total. The molecule has 1 heterocycles. The van der Waals surface area contributed by atoms with Crippen LogP contribution in [0.5, 0.6) is 5.75 Å². The Morgan fingerprint density at radius 2 is 2.05 bits per heavy atom. The summed E-state index contributed by atoms with van der Waals surface area (Å²) in [7, 11) is 3.31. The third kappa shape index (κ3) is 2.87. The van der Waals surface area contributed by atoms with E-state index in [9.17, 15) is 4.39 Å². The number of hydrogen-bond donors (Lipinski definition) is 2. The molecular weight excluding hydrogens is 273 g/mol. The number of halogens is 1. The number of rotatable bonds is 5. The van der Waals surface area contributed by atoms with Crippen molar-refractivity contribution < 1.29 is 9.13 Å². The molecule has 7 heteroatoms. The number of hydrogen-bond acceptors (Lipinski definition) is 6. The molecular formula is C14H18FN5O. The van der Waals surface area contributed by atoms with Crippen LogP contribution in [0.3, 0.4) is 0 Å². The van der Waals surface area contributed by atoms with Gasteiger partial charge in [-0.1, -0.05) is 18.2 Å². The van der Waals surface area contributed by atoms with E-state index in [1.54, 1.807) is 23.1 Å². The minimum Gasteiger partial charge on any atom is -0.490 e. The number of nitrogen functional groups attached to an aromatic ring is 1. The number of anilines is 2. The minimum atomic E-state index is -0.262. The first kappa shape index (κ1) is 15.0. The molecule has 2 rings (SSSR count). The average Bonchev–Trinajstić information content (AvgIpc) is 2.53. The van der Waals surface area contributed by atoms with E-state index in [0.717, 1.165) is 0 Å². The summed E-state index contributed by atoms with van der Waals surface area (Å²) in [5, 5.41) is 0. The summed E-state index contributed by atoms with van der Waals surface area (Å²) in [5.41, 5.74) is 3.03. The molecule has 0 fully saturated rings. The normalized spacial score (nSPS) is 11.9. The number of methoxy groups -OCH3 is 1. The van der Waals surface area contributed by atoms with Gasteiger partial charge in [0, 0.05) is 12.6 Å². The molecule has 0 spiro atoms. The molecule has 0 bridgehead atoms. The van der Waals surface area contributed by atoms with Gasteiger partial charge in [0.25, 0.3) is 0 Å². The molecule has 1 aromatic carbocycles. The number of aromatic nitrogens is 2. The van der Waals surface area contributed by atoms with Gasteiger partial charge < -0.3 is 15.1 Å². The maximum Gasteiger partial charge on any atom is 0.205 e. The SMILES string of the molecule is COc1c(NN)ncnc1N(C)C(C)c1ccccc1F. The summed E-state index contributed by atoms with van der Waals surface area (Å²) in [6, 6.07) is 6.40. The van der Waals surface area contributed by atoms with E-state index in [2.05, 4.69) is 15.4 Å². The molecule has 0 amide bonds. The standard InChI is InChI=1S/C14H18FN5O/c1-9(10-6-4-5-7-11(10)15)20(2)14-12(21-3)13(19-16)17-8-18-14/h4-9H,16H2,1-3H3,(H,17,18,19). The number of nitrogens with one attached hydrogen (secondary N) is 1. The zero-order chi connectivity index (χ0) is 15.4. The summed E-state index contributed by atoms with van der Waals surface area (Å²) >= 11 is 0. The number of nitrogens with two attached hydrogens (primary N) is 1. The summed E-state index contributed by atoms with van der Waals surface area (Å²) in [4.78, 5) is 10.00. The summed E-state index contributed by atoms with van der Waals surface area (Å²) in [6.45, 7) is 1.88. The van der Waals surface area contributed by atoms with Crippen molar-refractivity contribution in [2.45, 2.75) is 13.0 Å². The van der Waals surface area contributed by atoms with Gasteiger partial charge in [-0.25, -0.2) is 20.2 Å². The minimum absolute atomic E-state index is 0.236. The Kier molecular flexibility index (Phi) is 4.54. The van der Waals surface area contributed by atoms with E-state index in [-0.39, 0.29) is 11.9 Å². The molecule has 0 saturated carbocycles. The van der Waals surface area contributed by atoms with Crippen LogP contribution in [0.1, 0.15) is 18.5 Å². The van der Waals surface area contributed by atoms with E-state index in [4.69, 9.17) is 10.6 Å². The van der Waals surface area contributed by atoms with Gasteiger partial charge in [-0.15, -0.1) is 0 Å². The molecule has 6 nitrogen and oxygen atoms in total. The Bertz CT molecular complexity index is 622. The summed E-state index contributed by atoms with van der Waals surface area (Å²) in [5.74, 6) is 6.45. The average molecular weight is 291 g/mol. The van der Waals surface area contributed by atoms with Crippen LogP contribution in [0.15, 0.2) is 30.6 Å². The highest BCUT2D eigenvalue weighted by atomic mass is 19.1. The Morgan fingerprint density at radius 3 is 2.67 bits per heavy atom. The lowest BCUT2D eigenvalue weighted by Gasteiger charge is -2.28. The monoisotopic (exact) mass is 291 g/mol. The lowest BCUT2D eigenvalue weighted by Crippen LogP contribution is -2.25. The van der Waals surface area contributed by atoms with Crippen molar-refractivity contribution in [2.24, 2.45) is 5.84 Å². The third-order valence-corrected chi connectivity index (χ3v) is 3.40. The van der Waals surface area contributed by atoms with Gasteiger partial charge in [-0.3, -0.25) is 0 Å². The molecule has 2 aromatic rings. The molecule has 1 atom stereocenters. The Balaban J connectivity index is 2.40. The second-order valence-electron chi connectivity index (χ2n) is 4.53. The van der Waals surface area contributed by atoms with Crippen molar-refractivity contribution in [1.82, 2.24) is 9.97 Å². The molecule has 0 aliphatic carbocycles. The first-order chi connectivity index (χ1) is 10.1. The van der Waals surface area contributed by atoms with E-state index < -0.39 is 0 Å². The molecule has 1 unspecified atom stereocenters. The summed E-state index contributed by atoms with van der Waals surface area (Å²) < 4.78 is 19.2. The second-order valence-corrected chi connectivity index (χ2v) is 4.53. The van der Waals surface area contributed by atoms with Crippen molar-refractivity contribution in [3.8, 4) is 5.75 Å². The maximum absolute atomic E-state index is 13.9. The molecule has 1 aromatic heterocycles. The van der Waals surface area contributed by atoms with Gasteiger partial charge in [0.1, 0.15) is 12.1 Å². The number of ether oxygens (including phenoxy) is 1. The quantitative estimate of drug-likeness (QED) is 0.649. The first-order valence-electron chi connectivity index (χ1n) is 6.43. The van der Waals surface area contributed by atoms with Crippen LogP contribution in [0.4, 0.5) is 16.0 Å². The van der Waals surface area contributed by atoms with Crippen LogP contribution in [-0.4, -0.2) is 24.1 Å². The highest BCUT2D eigenvalue weighted by Crippen LogP contribution is 2.35. The lowest BCUT2D eigenvalue weighted by molar-refractivity contribution is 0.411. The second kappa shape index (κ2) is 6.36. The van der Waals surface area contributed by atoms with Crippen molar-refractivity contribution in [1.29, 1.82) is 0 Å². The largest absolute Gasteiger partial charge is 0.490 e. The van der Waals surface area contributed by atoms with Crippen LogP contribution in [0.25, 0.3) is 0 Å². The molecule has 21 heavy (non-hydrogen) atoms. The predicted molar refractivity (Wildman–Crippen MR) is 79.6 cm³/mol. The molecule has 0 radical (unpaired) electrons. The van der Waals surface area contributed by atoms with Crippen LogP contribution in [-0.2, 0) is 0 Å². The maximum atomic E-state index is 13.9. The van der Waals surface area contributed by atoms with Gasteiger partial charge in [0.2, 0.25) is 5.75 Å². The van der Waals surface area contributed by atoms with Gasteiger partial charge in [0.15, 0.2) is 11.6 Å². The fourth-order valence-corrected chi connectivity index (χ4v) is 2.11. The number of nitrogens with zero attached hydrogens (tertiary/aromatic N) is 3. The van der Waals surface area contributed by atoms with Gasteiger partial charge in [0.05, 0.1) is 13.2 Å². The number of benzene rings is 1. The Hall–Kier alpha value is -2.41. The first-order valence-corrected chi connectivity index (χ1v) is 6.43. The zero-order valence-electron chi connectivity index (χ0n) is 12.2. The summed E-state index contributed by atoms with van der Waals surface area (Å²) in [6.07, 6.45) is 1.37. The highest BCUT2D eigenvalue weighted by Gasteiger charge is 2.21. The van der Waals surface area contributed by atoms with Crippen molar-refractivity contribution in [3.63, 3.8) is 0 Å². The van der Waals surface area contributed by atoms with Gasteiger partial charge >= 0.3 is 0 Å². The molecule has 0 aliphatic rings. The van der Waals surface area contributed by atoms with E-state index in [1.807, 2.05) is 14.0 Å². The third-order valence-electron chi connectivity index (χ3n) is 3.40. The van der Waals surface area contributed by atoms with Gasteiger partial charge in [-0.2, -0.15) is 0 Å². The van der Waals surface area contributed by atoms with Crippen molar-refractivity contribution >= 4 is 11.6 Å². The van der Waals surface area contributed by atoms with E-state index in [1.165, 1.54) is 19.5 Å². The van der Waals surface area contributed by atoms with Crippen LogP contribution in [0.2, 0.25) is 0 Å².